The molecule has 0 aromatic rings. The van der Waals surface area contributed by atoms with E-state index in [0.29, 0.717) is 6.42 Å². The molecule has 0 spiro atoms. The van der Waals surface area contributed by atoms with E-state index in [9.17, 15) is 4.79 Å². The number of nitrogens with zero attached hydrogens (tertiary/aromatic N) is 2. The van der Waals surface area contributed by atoms with E-state index in [1.54, 1.807) is 0 Å². The second-order valence-electron chi connectivity index (χ2n) is 5.95. The highest BCUT2D eigenvalue weighted by molar-refractivity contribution is 6.01. The van der Waals surface area contributed by atoms with Gasteiger partial charge in [0.15, 0.2) is 5.78 Å². The summed E-state index contributed by atoms with van der Waals surface area (Å²) in [4.78, 5) is 16.7. The average Bonchev–Trinajstić information content (AvgIpc) is 2.14. The fourth-order valence-electron chi connectivity index (χ4n) is 2.93. The van der Waals surface area contributed by atoms with Crippen molar-refractivity contribution in [2.24, 2.45) is 22.2 Å². The average molecular weight is 230 g/mol. The van der Waals surface area contributed by atoms with Crippen LogP contribution in [0.1, 0.15) is 40.5 Å². The van der Waals surface area contributed by atoms with Gasteiger partial charge in [-0.25, -0.2) is 0 Å². The second-order valence-corrected chi connectivity index (χ2v) is 5.95. The number of carbonyl (C=O) groups excluding carboxylic acids is 1. The van der Waals surface area contributed by atoms with E-state index in [1.165, 1.54) is 0 Å². The number of ketones is 1. The molecular formula is C14H18N2O. The Morgan fingerprint density at radius 3 is 2.65 bits per heavy atom. The highest BCUT2D eigenvalue weighted by Crippen LogP contribution is 2.43. The summed E-state index contributed by atoms with van der Waals surface area (Å²) in [6, 6.07) is 2.26. The van der Waals surface area contributed by atoms with Gasteiger partial charge in [-0.05, 0) is 18.8 Å². The van der Waals surface area contributed by atoms with E-state index in [1.807, 2.05) is 13.8 Å². The minimum Gasteiger partial charge on any atom is -0.294 e. The predicted octanol–water partition coefficient (Wildman–Crippen LogP) is 2.88. The first kappa shape index (κ1) is 12.0. The van der Waals surface area contributed by atoms with Crippen LogP contribution in [0.4, 0.5) is 0 Å². The molecule has 0 N–H and O–H groups in total. The van der Waals surface area contributed by atoms with Crippen LogP contribution in [0, 0.1) is 28.6 Å². The third kappa shape index (κ3) is 1.93. The number of Topliss-reactive ketones (excluding diaryl/α,β-unsaturated/α-hetero) is 1. The largest absolute Gasteiger partial charge is 0.294 e. The molecule has 0 amide bonds. The molecule has 17 heavy (non-hydrogen) atoms. The highest BCUT2D eigenvalue weighted by Gasteiger charge is 2.40. The molecule has 90 valence electrons. The van der Waals surface area contributed by atoms with Crippen LogP contribution in [0.2, 0.25) is 0 Å². The Morgan fingerprint density at radius 1 is 1.41 bits per heavy atom. The molecule has 2 atom stereocenters. The SMILES string of the molecule is CC1=NC2=C(C(=O)CC(C)(C)C2)[C@H](C)C1C#N. The lowest BCUT2D eigenvalue weighted by Crippen LogP contribution is -2.34. The van der Waals surface area contributed by atoms with Gasteiger partial charge in [0.05, 0.1) is 12.0 Å². The minimum atomic E-state index is -0.237. The number of rotatable bonds is 0. The Bertz CT molecular complexity index is 477. The van der Waals surface area contributed by atoms with E-state index in [4.69, 9.17) is 5.26 Å². The van der Waals surface area contributed by atoms with Crippen LogP contribution in [0.3, 0.4) is 0 Å². The highest BCUT2D eigenvalue weighted by atomic mass is 16.1. The number of aliphatic imine (C=N–C) groups is 1. The first-order valence-electron chi connectivity index (χ1n) is 6.07. The molecule has 0 aromatic heterocycles. The van der Waals surface area contributed by atoms with E-state index in [0.717, 1.165) is 23.4 Å². The van der Waals surface area contributed by atoms with Gasteiger partial charge in [-0.3, -0.25) is 9.79 Å². The zero-order chi connectivity index (χ0) is 12.8. The van der Waals surface area contributed by atoms with Gasteiger partial charge in [-0.15, -0.1) is 0 Å². The van der Waals surface area contributed by atoms with Crippen LogP contribution < -0.4 is 0 Å². The molecule has 0 saturated carbocycles. The van der Waals surface area contributed by atoms with Crippen LogP contribution in [0.25, 0.3) is 0 Å². The van der Waals surface area contributed by atoms with Gasteiger partial charge >= 0.3 is 0 Å². The topological polar surface area (TPSA) is 53.2 Å². The number of allylic oxidation sites excluding steroid dienone is 2. The van der Waals surface area contributed by atoms with Gasteiger partial charge in [0.25, 0.3) is 0 Å². The van der Waals surface area contributed by atoms with Gasteiger partial charge < -0.3 is 0 Å². The van der Waals surface area contributed by atoms with Crippen molar-refractivity contribution in [2.75, 3.05) is 0 Å². The maximum Gasteiger partial charge on any atom is 0.161 e. The number of nitriles is 1. The zero-order valence-electron chi connectivity index (χ0n) is 10.9. The molecule has 1 aliphatic carbocycles. The zero-order valence-corrected chi connectivity index (χ0v) is 10.9. The smallest absolute Gasteiger partial charge is 0.161 e. The maximum absolute atomic E-state index is 12.2. The lowest BCUT2D eigenvalue weighted by atomic mass is 9.69. The fourth-order valence-corrected chi connectivity index (χ4v) is 2.93. The van der Waals surface area contributed by atoms with Gasteiger partial charge in [-0.1, -0.05) is 20.8 Å². The Morgan fingerprint density at radius 2 is 2.06 bits per heavy atom. The van der Waals surface area contributed by atoms with Crippen LogP contribution in [-0.4, -0.2) is 11.5 Å². The molecule has 1 unspecified atom stereocenters. The van der Waals surface area contributed by atoms with E-state index in [-0.39, 0.29) is 23.0 Å². The van der Waals surface area contributed by atoms with Gasteiger partial charge in [0.2, 0.25) is 0 Å². The molecule has 1 heterocycles. The van der Waals surface area contributed by atoms with Crippen molar-refractivity contribution in [3.05, 3.63) is 11.3 Å². The molecule has 0 saturated heterocycles. The van der Waals surface area contributed by atoms with E-state index < -0.39 is 0 Å². The molecule has 3 nitrogen and oxygen atoms in total. The van der Waals surface area contributed by atoms with Gasteiger partial charge in [0.1, 0.15) is 0 Å². The van der Waals surface area contributed by atoms with Crippen molar-refractivity contribution in [3.8, 4) is 6.07 Å². The first-order chi connectivity index (χ1) is 7.85. The third-order valence-electron chi connectivity index (χ3n) is 3.75. The van der Waals surface area contributed by atoms with Crippen molar-refractivity contribution in [1.82, 2.24) is 0 Å². The van der Waals surface area contributed by atoms with Crippen molar-refractivity contribution < 1.29 is 4.79 Å². The summed E-state index contributed by atoms with van der Waals surface area (Å²) in [6.45, 7) is 8.05. The quantitative estimate of drug-likeness (QED) is 0.642. The number of hydrogen-bond acceptors (Lipinski definition) is 3. The molecular weight excluding hydrogens is 212 g/mol. The molecule has 0 bridgehead atoms. The summed E-state index contributed by atoms with van der Waals surface area (Å²) in [5.41, 5.74) is 2.58. The second kappa shape index (κ2) is 3.80. The van der Waals surface area contributed by atoms with Crippen molar-refractivity contribution in [1.29, 1.82) is 5.26 Å². The molecule has 1 aliphatic heterocycles. The molecule has 0 aromatic carbocycles. The first-order valence-corrected chi connectivity index (χ1v) is 6.07. The number of hydrogen-bond donors (Lipinski definition) is 0. The summed E-state index contributed by atoms with van der Waals surface area (Å²) in [5.74, 6) is -0.0599. The summed E-state index contributed by atoms with van der Waals surface area (Å²) in [6.07, 6.45) is 1.41. The number of carbonyl (C=O) groups is 1. The van der Waals surface area contributed by atoms with Crippen LogP contribution in [0.5, 0.6) is 0 Å². The fraction of sp³-hybridized carbons (Fsp3) is 0.643. The van der Waals surface area contributed by atoms with Crippen LogP contribution in [0.15, 0.2) is 16.3 Å². The molecule has 3 heteroatoms. The van der Waals surface area contributed by atoms with E-state index >= 15 is 0 Å². The summed E-state index contributed by atoms with van der Waals surface area (Å²) in [7, 11) is 0. The minimum absolute atomic E-state index is 0.00109. The predicted molar refractivity (Wildman–Crippen MR) is 66.4 cm³/mol. The summed E-state index contributed by atoms with van der Waals surface area (Å²) in [5, 5.41) is 9.15. The maximum atomic E-state index is 12.2. The van der Waals surface area contributed by atoms with Gasteiger partial charge in [0, 0.05) is 29.3 Å². The molecule has 2 rings (SSSR count). The standard InChI is InChI=1S/C14H18N2O/c1-8-10(7-15)9(2)16-11-5-14(3,4)6-12(17)13(8)11/h8,10H,5-6H2,1-4H3/t8-,10?/m1/s1. The monoisotopic (exact) mass is 230 g/mol. The summed E-state index contributed by atoms with van der Waals surface area (Å²) < 4.78 is 0. The Balaban J connectivity index is 2.49. The third-order valence-corrected chi connectivity index (χ3v) is 3.75. The Hall–Kier alpha value is -1.43. The lowest BCUT2D eigenvalue weighted by Gasteiger charge is -2.36. The van der Waals surface area contributed by atoms with Crippen molar-refractivity contribution in [3.63, 3.8) is 0 Å². The van der Waals surface area contributed by atoms with Crippen molar-refractivity contribution in [2.45, 2.75) is 40.5 Å². The molecule has 0 fully saturated rings. The normalized spacial score (nSPS) is 31.7. The molecule has 2 aliphatic rings. The van der Waals surface area contributed by atoms with Gasteiger partial charge in [-0.2, -0.15) is 5.26 Å². The van der Waals surface area contributed by atoms with Crippen LogP contribution >= 0.6 is 0 Å². The molecule has 0 radical (unpaired) electrons. The Labute approximate surface area is 102 Å². The Kier molecular flexibility index (Phi) is 2.69. The van der Waals surface area contributed by atoms with Crippen molar-refractivity contribution >= 4 is 11.5 Å². The lowest BCUT2D eigenvalue weighted by molar-refractivity contribution is -0.118. The summed E-state index contributed by atoms with van der Waals surface area (Å²) >= 11 is 0. The van der Waals surface area contributed by atoms with E-state index in [2.05, 4.69) is 24.9 Å². The van der Waals surface area contributed by atoms with Crippen LogP contribution in [-0.2, 0) is 4.79 Å².